The smallest absolute Gasteiger partial charge is 0.258 e. The summed E-state index contributed by atoms with van der Waals surface area (Å²) in [6.45, 7) is 3.94. The summed E-state index contributed by atoms with van der Waals surface area (Å²) in [6.07, 6.45) is 1.59. The molecule has 0 aliphatic carbocycles. The molecule has 7 heteroatoms. The molecule has 0 aliphatic rings. The van der Waals surface area contributed by atoms with Crippen LogP contribution in [-0.2, 0) is 0 Å². The summed E-state index contributed by atoms with van der Waals surface area (Å²) in [5.74, 6) is 0. The first-order valence-electron chi connectivity index (χ1n) is 5.54. The molecule has 2 rings (SSSR count). The number of rotatable bonds is 4. The van der Waals surface area contributed by atoms with Crippen molar-refractivity contribution < 1.29 is 4.92 Å². The molecule has 1 N–H and O–H groups in total. The third-order valence-corrected chi connectivity index (χ3v) is 3.48. The van der Waals surface area contributed by atoms with Crippen LogP contribution in [0.1, 0.15) is 16.1 Å². The van der Waals surface area contributed by atoms with Crippen molar-refractivity contribution in [2.45, 2.75) is 13.8 Å². The predicted molar refractivity (Wildman–Crippen MR) is 75.9 cm³/mol. The van der Waals surface area contributed by atoms with E-state index in [1.165, 1.54) is 23.5 Å². The third-order valence-electron chi connectivity index (χ3n) is 2.51. The number of thiazole rings is 1. The molecule has 0 fully saturated rings. The highest BCUT2D eigenvalue weighted by Gasteiger charge is 2.03. The SMILES string of the molecule is Cc1nc(N/N=C/c2ccc([N+](=O)[O-])cc2)sc1C. The van der Waals surface area contributed by atoms with Crippen molar-refractivity contribution in [2.24, 2.45) is 5.10 Å². The molecule has 0 saturated heterocycles. The number of hydrogen-bond acceptors (Lipinski definition) is 6. The van der Waals surface area contributed by atoms with E-state index < -0.39 is 4.92 Å². The first-order chi connectivity index (χ1) is 9.06. The minimum atomic E-state index is -0.430. The van der Waals surface area contributed by atoms with Crippen LogP contribution < -0.4 is 5.43 Å². The van der Waals surface area contributed by atoms with E-state index in [0.717, 1.165) is 21.3 Å². The molecule has 0 spiro atoms. The Bertz CT molecular complexity index is 600. The van der Waals surface area contributed by atoms with Crippen molar-refractivity contribution in [1.82, 2.24) is 4.98 Å². The van der Waals surface area contributed by atoms with Crippen LogP contribution in [0, 0.1) is 24.0 Å². The maximum atomic E-state index is 10.5. The van der Waals surface area contributed by atoms with E-state index in [-0.39, 0.29) is 5.69 Å². The van der Waals surface area contributed by atoms with Gasteiger partial charge in [-0.05, 0) is 31.5 Å². The Morgan fingerprint density at radius 3 is 2.58 bits per heavy atom. The lowest BCUT2D eigenvalue weighted by molar-refractivity contribution is -0.384. The number of nitrogens with one attached hydrogen (secondary N) is 1. The Hall–Kier alpha value is -2.28. The van der Waals surface area contributed by atoms with Gasteiger partial charge in [-0.2, -0.15) is 5.10 Å². The zero-order valence-electron chi connectivity index (χ0n) is 10.5. The average Bonchev–Trinajstić information content (AvgIpc) is 2.69. The minimum absolute atomic E-state index is 0.0660. The van der Waals surface area contributed by atoms with Crippen LogP contribution in [0.5, 0.6) is 0 Å². The molecular weight excluding hydrogens is 264 g/mol. The molecule has 19 heavy (non-hydrogen) atoms. The number of aryl methyl sites for hydroxylation is 2. The summed E-state index contributed by atoms with van der Waals surface area (Å²) in [5, 5.41) is 15.3. The van der Waals surface area contributed by atoms with E-state index >= 15 is 0 Å². The largest absolute Gasteiger partial charge is 0.269 e. The monoisotopic (exact) mass is 276 g/mol. The number of hydrogen-bond donors (Lipinski definition) is 1. The van der Waals surface area contributed by atoms with Crippen molar-refractivity contribution in [2.75, 3.05) is 5.43 Å². The van der Waals surface area contributed by atoms with Gasteiger partial charge in [-0.3, -0.25) is 15.5 Å². The predicted octanol–water partition coefficient (Wildman–Crippen LogP) is 3.11. The number of nitro benzene ring substituents is 1. The molecule has 6 nitrogen and oxygen atoms in total. The van der Waals surface area contributed by atoms with Gasteiger partial charge in [0.25, 0.3) is 5.69 Å². The van der Waals surface area contributed by atoms with E-state index in [2.05, 4.69) is 15.5 Å². The fourth-order valence-electron chi connectivity index (χ4n) is 1.36. The van der Waals surface area contributed by atoms with Gasteiger partial charge < -0.3 is 0 Å². The fraction of sp³-hybridized carbons (Fsp3) is 0.167. The van der Waals surface area contributed by atoms with Gasteiger partial charge in [0, 0.05) is 17.0 Å². The van der Waals surface area contributed by atoms with Gasteiger partial charge in [-0.1, -0.05) is 0 Å². The Morgan fingerprint density at radius 2 is 2.05 bits per heavy atom. The summed E-state index contributed by atoms with van der Waals surface area (Å²) in [6, 6.07) is 6.17. The van der Waals surface area contributed by atoms with Gasteiger partial charge in [0.15, 0.2) is 0 Å². The summed E-state index contributed by atoms with van der Waals surface area (Å²) < 4.78 is 0. The molecule has 98 valence electrons. The molecule has 0 bridgehead atoms. The number of anilines is 1. The summed E-state index contributed by atoms with van der Waals surface area (Å²) >= 11 is 1.53. The van der Waals surface area contributed by atoms with Crippen molar-refractivity contribution >= 4 is 28.4 Å². The standard InChI is InChI=1S/C12H12N4O2S/c1-8-9(2)19-12(14-8)15-13-7-10-3-5-11(6-4-10)16(17)18/h3-7H,1-2H3,(H,14,15)/b13-7+. The summed E-state index contributed by atoms with van der Waals surface area (Å²) in [4.78, 5) is 15.5. The molecule has 1 aromatic heterocycles. The van der Waals surface area contributed by atoms with Crippen LogP contribution in [0.15, 0.2) is 29.4 Å². The summed E-state index contributed by atoms with van der Waals surface area (Å²) in [5.41, 5.74) is 4.67. The average molecular weight is 276 g/mol. The Kier molecular flexibility index (Phi) is 3.86. The normalized spacial score (nSPS) is 10.8. The second-order valence-corrected chi connectivity index (χ2v) is 5.08. The number of nitrogens with zero attached hydrogens (tertiary/aromatic N) is 3. The highest BCUT2D eigenvalue weighted by atomic mass is 32.1. The zero-order chi connectivity index (χ0) is 13.8. The highest BCUT2D eigenvalue weighted by Crippen LogP contribution is 2.20. The number of hydrazone groups is 1. The van der Waals surface area contributed by atoms with E-state index in [9.17, 15) is 10.1 Å². The van der Waals surface area contributed by atoms with Crippen molar-refractivity contribution in [3.63, 3.8) is 0 Å². The lowest BCUT2D eigenvalue weighted by atomic mass is 10.2. The quantitative estimate of drug-likeness (QED) is 0.528. The molecule has 0 atom stereocenters. The van der Waals surface area contributed by atoms with E-state index in [0.29, 0.717) is 0 Å². The van der Waals surface area contributed by atoms with Crippen LogP contribution in [0.4, 0.5) is 10.8 Å². The van der Waals surface area contributed by atoms with Gasteiger partial charge in [0.05, 0.1) is 16.8 Å². The molecule has 0 radical (unpaired) electrons. The van der Waals surface area contributed by atoms with Crippen molar-refractivity contribution in [1.29, 1.82) is 0 Å². The second-order valence-electron chi connectivity index (χ2n) is 3.88. The van der Waals surface area contributed by atoms with Gasteiger partial charge in [0.1, 0.15) is 0 Å². The Morgan fingerprint density at radius 1 is 1.37 bits per heavy atom. The number of benzene rings is 1. The molecule has 0 aliphatic heterocycles. The third kappa shape index (κ3) is 3.35. The second kappa shape index (κ2) is 5.57. The highest BCUT2D eigenvalue weighted by molar-refractivity contribution is 7.15. The number of non-ortho nitro benzene ring substituents is 1. The van der Waals surface area contributed by atoms with Gasteiger partial charge >= 0.3 is 0 Å². The topological polar surface area (TPSA) is 80.4 Å². The number of aromatic nitrogens is 1. The first kappa shape index (κ1) is 13.2. The first-order valence-corrected chi connectivity index (χ1v) is 6.35. The number of nitro groups is 1. The van der Waals surface area contributed by atoms with Crippen LogP contribution >= 0.6 is 11.3 Å². The van der Waals surface area contributed by atoms with E-state index in [1.807, 2.05) is 13.8 Å². The van der Waals surface area contributed by atoms with Gasteiger partial charge in [-0.25, -0.2) is 4.98 Å². The van der Waals surface area contributed by atoms with Gasteiger partial charge in [-0.15, -0.1) is 11.3 Å². The molecular formula is C12H12N4O2S. The lowest BCUT2D eigenvalue weighted by Gasteiger charge is -1.94. The molecule has 0 unspecified atom stereocenters. The van der Waals surface area contributed by atoms with Gasteiger partial charge in [0.2, 0.25) is 5.13 Å². The molecule has 1 heterocycles. The maximum Gasteiger partial charge on any atom is 0.269 e. The maximum absolute atomic E-state index is 10.5. The van der Waals surface area contributed by atoms with E-state index in [1.54, 1.807) is 18.3 Å². The van der Waals surface area contributed by atoms with Crippen molar-refractivity contribution in [3.8, 4) is 0 Å². The van der Waals surface area contributed by atoms with E-state index in [4.69, 9.17) is 0 Å². The molecule has 2 aromatic rings. The van der Waals surface area contributed by atoms with Crippen LogP contribution in [-0.4, -0.2) is 16.1 Å². The Labute approximate surface area is 114 Å². The molecule has 1 aromatic carbocycles. The van der Waals surface area contributed by atoms with Crippen LogP contribution in [0.25, 0.3) is 0 Å². The van der Waals surface area contributed by atoms with Crippen LogP contribution in [0.2, 0.25) is 0 Å². The van der Waals surface area contributed by atoms with Crippen LogP contribution in [0.3, 0.4) is 0 Å². The minimum Gasteiger partial charge on any atom is -0.258 e. The van der Waals surface area contributed by atoms with Crippen molar-refractivity contribution in [3.05, 3.63) is 50.5 Å². The summed E-state index contributed by atoms with van der Waals surface area (Å²) in [7, 11) is 0. The molecule has 0 amide bonds. The fourth-order valence-corrected chi connectivity index (χ4v) is 2.13. The molecule has 0 saturated carbocycles. The Balaban J connectivity index is 2.00. The lowest BCUT2D eigenvalue weighted by Crippen LogP contribution is -1.91. The zero-order valence-corrected chi connectivity index (χ0v) is 11.3.